The number of aryl methyl sites for hydroxylation is 2. The van der Waals surface area contributed by atoms with E-state index < -0.39 is 0 Å². The summed E-state index contributed by atoms with van der Waals surface area (Å²) < 4.78 is 0. The molecule has 0 bridgehead atoms. The van der Waals surface area contributed by atoms with Gasteiger partial charge < -0.3 is 10.3 Å². The van der Waals surface area contributed by atoms with Crippen molar-refractivity contribution >= 4 is 11.0 Å². The fourth-order valence-electron chi connectivity index (χ4n) is 3.34. The molecule has 94 valence electrons. The van der Waals surface area contributed by atoms with Crippen LogP contribution in [-0.2, 0) is 12.8 Å². The lowest BCUT2D eigenvalue weighted by Gasteiger charge is -2.14. The van der Waals surface area contributed by atoms with Gasteiger partial charge in [-0.2, -0.15) is 0 Å². The zero-order valence-corrected chi connectivity index (χ0v) is 10.6. The molecule has 2 aromatic rings. The summed E-state index contributed by atoms with van der Waals surface area (Å²) in [6.07, 6.45) is 7.61. The predicted molar refractivity (Wildman–Crippen MR) is 72.7 cm³/mol. The molecule has 1 aliphatic heterocycles. The Morgan fingerprint density at radius 2 is 1.89 bits per heavy atom. The smallest absolute Gasteiger partial charge is 0.124 e. The van der Waals surface area contributed by atoms with Crippen molar-refractivity contribution < 1.29 is 0 Å². The predicted octanol–water partition coefficient (Wildman–Crippen LogP) is 2.87. The van der Waals surface area contributed by atoms with E-state index in [0.717, 1.165) is 17.9 Å². The number of H-pyrrole nitrogens is 1. The van der Waals surface area contributed by atoms with Crippen LogP contribution >= 0.6 is 0 Å². The van der Waals surface area contributed by atoms with E-state index in [4.69, 9.17) is 4.98 Å². The third kappa shape index (κ3) is 1.65. The van der Waals surface area contributed by atoms with E-state index in [1.165, 1.54) is 55.2 Å². The Balaban J connectivity index is 1.79. The maximum Gasteiger partial charge on any atom is 0.124 e. The van der Waals surface area contributed by atoms with Crippen LogP contribution in [0.1, 0.15) is 48.7 Å². The van der Waals surface area contributed by atoms with E-state index in [2.05, 4.69) is 22.4 Å². The Morgan fingerprint density at radius 1 is 1.06 bits per heavy atom. The molecule has 1 saturated heterocycles. The Bertz CT molecular complexity index is 536. The summed E-state index contributed by atoms with van der Waals surface area (Å²) in [6.45, 7) is 1.12. The average Bonchev–Trinajstić information content (AvgIpc) is 3.04. The zero-order chi connectivity index (χ0) is 11.9. The summed E-state index contributed by atoms with van der Waals surface area (Å²) in [7, 11) is 0. The van der Waals surface area contributed by atoms with Crippen LogP contribution in [0, 0.1) is 0 Å². The van der Waals surface area contributed by atoms with Crippen LogP contribution in [0.15, 0.2) is 12.1 Å². The Kier molecular flexibility index (Phi) is 2.40. The standard InChI is InChI=1S/C15H19N3/c1-2-5-11-9-14-13(8-10(11)4-1)17-15(18-14)12-6-3-7-16-12/h8-9,12,16H,1-7H2,(H,17,18). The van der Waals surface area contributed by atoms with Crippen LogP contribution in [0.5, 0.6) is 0 Å². The van der Waals surface area contributed by atoms with Gasteiger partial charge in [-0.25, -0.2) is 4.98 Å². The second kappa shape index (κ2) is 4.09. The first-order valence-corrected chi connectivity index (χ1v) is 7.15. The zero-order valence-electron chi connectivity index (χ0n) is 10.6. The molecule has 2 N–H and O–H groups in total. The fourth-order valence-corrected chi connectivity index (χ4v) is 3.34. The van der Waals surface area contributed by atoms with Gasteiger partial charge in [-0.05, 0) is 68.3 Å². The van der Waals surface area contributed by atoms with Gasteiger partial charge >= 0.3 is 0 Å². The summed E-state index contributed by atoms with van der Waals surface area (Å²) in [5, 5.41) is 3.51. The average molecular weight is 241 g/mol. The maximum atomic E-state index is 4.78. The van der Waals surface area contributed by atoms with E-state index in [1.807, 2.05) is 0 Å². The molecular weight excluding hydrogens is 222 g/mol. The van der Waals surface area contributed by atoms with Gasteiger partial charge in [0.15, 0.2) is 0 Å². The van der Waals surface area contributed by atoms with Crippen LogP contribution in [0.4, 0.5) is 0 Å². The number of aromatic amines is 1. The third-order valence-electron chi connectivity index (χ3n) is 4.35. The molecule has 0 radical (unpaired) electrons. The maximum absolute atomic E-state index is 4.78. The first kappa shape index (κ1) is 10.6. The summed E-state index contributed by atoms with van der Waals surface area (Å²) in [5.41, 5.74) is 5.42. The van der Waals surface area contributed by atoms with Gasteiger partial charge in [0, 0.05) is 0 Å². The van der Waals surface area contributed by atoms with Crippen molar-refractivity contribution in [3.8, 4) is 0 Å². The van der Waals surface area contributed by atoms with E-state index in [0.29, 0.717) is 6.04 Å². The minimum Gasteiger partial charge on any atom is -0.341 e. The van der Waals surface area contributed by atoms with Crippen LogP contribution in [0.25, 0.3) is 11.0 Å². The van der Waals surface area contributed by atoms with E-state index >= 15 is 0 Å². The minimum absolute atomic E-state index is 0.439. The molecule has 18 heavy (non-hydrogen) atoms. The van der Waals surface area contributed by atoms with E-state index in [-0.39, 0.29) is 0 Å². The normalized spacial score (nSPS) is 23.4. The van der Waals surface area contributed by atoms with Crippen molar-refractivity contribution in [1.29, 1.82) is 0 Å². The SMILES string of the molecule is c1c2c(cc3[nH]c(C4CCCN4)nc13)CCCC2. The molecule has 3 heteroatoms. The van der Waals surface area contributed by atoms with Crippen molar-refractivity contribution in [2.24, 2.45) is 0 Å². The molecule has 1 aromatic carbocycles. The highest BCUT2D eigenvalue weighted by molar-refractivity contribution is 5.77. The monoisotopic (exact) mass is 241 g/mol. The van der Waals surface area contributed by atoms with E-state index in [9.17, 15) is 0 Å². The number of nitrogens with one attached hydrogen (secondary N) is 2. The van der Waals surface area contributed by atoms with Gasteiger partial charge in [-0.1, -0.05) is 0 Å². The number of nitrogens with zero attached hydrogens (tertiary/aromatic N) is 1. The van der Waals surface area contributed by atoms with Crippen molar-refractivity contribution in [3.05, 3.63) is 29.1 Å². The third-order valence-corrected chi connectivity index (χ3v) is 4.35. The summed E-state index contributed by atoms with van der Waals surface area (Å²) in [6, 6.07) is 5.07. The summed E-state index contributed by atoms with van der Waals surface area (Å²) >= 11 is 0. The van der Waals surface area contributed by atoms with Gasteiger partial charge in [0.25, 0.3) is 0 Å². The lowest BCUT2D eigenvalue weighted by Crippen LogP contribution is -2.13. The number of rotatable bonds is 1. The van der Waals surface area contributed by atoms with Crippen molar-refractivity contribution in [1.82, 2.24) is 15.3 Å². The molecule has 2 aliphatic rings. The molecule has 1 aliphatic carbocycles. The quantitative estimate of drug-likeness (QED) is 0.806. The number of aromatic nitrogens is 2. The van der Waals surface area contributed by atoms with Crippen molar-refractivity contribution in [3.63, 3.8) is 0 Å². The van der Waals surface area contributed by atoms with Gasteiger partial charge in [0.2, 0.25) is 0 Å². The van der Waals surface area contributed by atoms with Gasteiger partial charge in [0.1, 0.15) is 5.82 Å². The molecule has 3 nitrogen and oxygen atoms in total. The lowest BCUT2D eigenvalue weighted by atomic mass is 9.91. The minimum atomic E-state index is 0.439. The molecule has 1 unspecified atom stereocenters. The number of hydrogen-bond acceptors (Lipinski definition) is 2. The molecule has 4 rings (SSSR count). The second-order valence-corrected chi connectivity index (χ2v) is 5.62. The molecule has 1 aromatic heterocycles. The molecule has 1 fully saturated rings. The van der Waals surface area contributed by atoms with Crippen molar-refractivity contribution in [2.45, 2.75) is 44.6 Å². The molecular formula is C15H19N3. The Hall–Kier alpha value is -1.35. The Labute approximate surface area is 107 Å². The highest BCUT2D eigenvalue weighted by Crippen LogP contribution is 2.28. The molecule has 0 amide bonds. The fraction of sp³-hybridized carbons (Fsp3) is 0.533. The number of hydrogen-bond donors (Lipinski definition) is 2. The van der Waals surface area contributed by atoms with Crippen LogP contribution in [0.3, 0.4) is 0 Å². The molecule has 0 spiro atoms. The molecule has 1 atom stereocenters. The second-order valence-electron chi connectivity index (χ2n) is 5.62. The summed E-state index contributed by atoms with van der Waals surface area (Å²) in [5.74, 6) is 1.13. The van der Waals surface area contributed by atoms with Gasteiger partial charge in [-0.15, -0.1) is 0 Å². The number of benzene rings is 1. The number of fused-ring (bicyclic) bond motifs is 2. The van der Waals surface area contributed by atoms with Crippen LogP contribution in [0.2, 0.25) is 0 Å². The van der Waals surface area contributed by atoms with Crippen LogP contribution < -0.4 is 5.32 Å². The first-order chi connectivity index (χ1) is 8.90. The van der Waals surface area contributed by atoms with Crippen LogP contribution in [-0.4, -0.2) is 16.5 Å². The first-order valence-electron chi connectivity index (χ1n) is 7.15. The molecule has 2 heterocycles. The van der Waals surface area contributed by atoms with E-state index in [1.54, 1.807) is 0 Å². The van der Waals surface area contributed by atoms with Gasteiger partial charge in [0.05, 0.1) is 17.1 Å². The topological polar surface area (TPSA) is 40.7 Å². The summed E-state index contributed by atoms with van der Waals surface area (Å²) in [4.78, 5) is 8.30. The number of imidazole rings is 1. The largest absolute Gasteiger partial charge is 0.341 e. The molecule has 0 saturated carbocycles. The Morgan fingerprint density at radius 3 is 2.67 bits per heavy atom. The highest BCUT2D eigenvalue weighted by atomic mass is 15.0. The lowest BCUT2D eigenvalue weighted by molar-refractivity contribution is 0.614. The van der Waals surface area contributed by atoms with Crippen molar-refractivity contribution in [2.75, 3.05) is 6.54 Å². The highest BCUT2D eigenvalue weighted by Gasteiger charge is 2.20. The van der Waals surface area contributed by atoms with Gasteiger partial charge in [-0.3, -0.25) is 0 Å².